The third-order valence-corrected chi connectivity index (χ3v) is 5.31. The van der Waals surface area contributed by atoms with Crippen LogP contribution in [0.1, 0.15) is 16.7 Å². The van der Waals surface area contributed by atoms with Crippen molar-refractivity contribution < 1.29 is 9.47 Å². The van der Waals surface area contributed by atoms with E-state index in [0.717, 1.165) is 11.1 Å². The minimum absolute atomic E-state index is 0.178. The van der Waals surface area contributed by atoms with Crippen molar-refractivity contribution >= 4 is 30.0 Å². The van der Waals surface area contributed by atoms with Gasteiger partial charge in [-0.25, -0.2) is 5.10 Å². The second kappa shape index (κ2) is 10.1. The van der Waals surface area contributed by atoms with Crippen LogP contribution in [0.4, 0.5) is 0 Å². The van der Waals surface area contributed by atoms with Gasteiger partial charge >= 0.3 is 0 Å². The van der Waals surface area contributed by atoms with Gasteiger partial charge in [-0.15, -0.1) is 0 Å². The summed E-state index contributed by atoms with van der Waals surface area (Å²) in [5.41, 5.74) is 2.86. The van der Waals surface area contributed by atoms with E-state index in [1.165, 1.54) is 11.8 Å². The van der Waals surface area contributed by atoms with E-state index in [1.807, 2.05) is 42.5 Å². The zero-order valence-corrected chi connectivity index (χ0v) is 19.1. The number of rotatable bonds is 7. The van der Waals surface area contributed by atoms with E-state index in [0.29, 0.717) is 38.2 Å². The number of ether oxygens (including phenoxy) is 2. The summed E-state index contributed by atoms with van der Waals surface area (Å²) in [6.07, 6.45) is 1.61. The topological polar surface area (TPSA) is 88.2 Å². The van der Waals surface area contributed by atoms with Crippen molar-refractivity contribution in [1.82, 2.24) is 14.9 Å². The van der Waals surface area contributed by atoms with Gasteiger partial charge in [0.1, 0.15) is 6.61 Å². The molecule has 7 nitrogen and oxygen atoms in total. The molecule has 0 bridgehead atoms. The molecule has 0 fully saturated rings. The Morgan fingerprint density at radius 2 is 1.94 bits per heavy atom. The second-order valence-corrected chi connectivity index (χ2v) is 7.66. The standard InChI is InChI=1S/C24H18ClN5O2S/c1-31-21-12-16(11-20(25)22(21)32-15-19-10-6-5-9-18(19)13-26)14-27-30-23(28-29-24(30)33)17-7-3-2-4-8-17/h2-12,14H,15H2,1H3,(H,29,33). The van der Waals surface area contributed by atoms with Crippen molar-refractivity contribution in [1.29, 1.82) is 5.26 Å². The van der Waals surface area contributed by atoms with Gasteiger partial charge < -0.3 is 9.47 Å². The van der Waals surface area contributed by atoms with Gasteiger partial charge in [0.2, 0.25) is 4.77 Å². The number of nitrogens with one attached hydrogen (secondary N) is 1. The van der Waals surface area contributed by atoms with Gasteiger partial charge in [0, 0.05) is 11.1 Å². The first-order chi connectivity index (χ1) is 16.1. The van der Waals surface area contributed by atoms with Crippen LogP contribution < -0.4 is 9.47 Å². The highest BCUT2D eigenvalue weighted by atomic mass is 35.5. The molecule has 0 atom stereocenters. The Morgan fingerprint density at radius 1 is 1.18 bits per heavy atom. The molecule has 0 aliphatic carbocycles. The number of aromatic nitrogens is 3. The fourth-order valence-corrected chi connectivity index (χ4v) is 3.61. The summed E-state index contributed by atoms with van der Waals surface area (Å²) in [4.78, 5) is 0. The van der Waals surface area contributed by atoms with E-state index in [2.05, 4.69) is 21.4 Å². The predicted molar refractivity (Wildman–Crippen MR) is 129 cm³/mol. The molecule has 0 saturated carbocycles. The first-order valence-electron chi connectivity index (χ1n) is 9.86. The number of aromatic amines is 1. The molecule has 33 heavy (non-hydrogen) atoms. The summed E-state index contributed by atoms with van der Waals surface area (Å²) in [5.74, 6) is 1.41. The Kier molecular flexibility index (Phi) is 6.83. The largest absolute Gasteiger partial charge is 0.493 e. The van der Waals surface area contributed by atoms with Gasteiger partial charge in [0.15, 0.2) is 17.3 Å². The number of nitrogens with zero attached hydrogens (tertiary/aromatic N) is 4. The summed E-state index contributed by atoms with van der Waals surface area (Å²) in [6, 6.07) is 22.5. The van der Waals surface area contributed by atoms with Gasteiger partial charge in [0.25, 0.3) is 0 Å². The maximum absolute atomic E-state index is 9.27. The molecule has 1 heterocycles. The first-order valence-corrected chi connectivity index (χ1v) is 10.6. The molecule has 3 aromatic carbocycles. The quantitative estimate of drug-likeness (QED) is 0.277. The summed E-state index contributed by atoms with van der Waals surface area (Å²) >= 11 is 11.8. The summed E-state index contributed by atoms with van der Waals surface area (Å²) in [6.45, 7) is 0.178. The highest BCUT2D eigenvalue weighted by Gasteiger charge is 2.13. The van der Waals surface area contributed by atoms with Gasteiger partial charge in [0.05, 0.1) is 30.0 Å². The lowest BCUT2D eigenvalue weighted by Crippen LogP contribution is -2.01. The number of benzene rings is 3. The van der Waals surface area contributed by atoms with Crippen LogP contribution in [0, 0.1) is 16.1 Å². The molecule has 0 spiro atoms. The van der Waals surface area contributed by atoms with Crippen molar-refractivity contribution in [2.45, 2.75) is 6.61 Å². The van der Waals surface area contributed by atoms with Crippen molar-refractivity contribution in [3.63, 3.8) is 0 Å². The molecule has 0 amide bonds. The van der Waals surface area contributed by atoms with E-state index in [4.69, 9.17) is 33.3 Å². The average Bonchev–Trinajstić information content (AvgIpc) is 3.22. The number of hydrogen-bond acceptors (Lipinski definition) is 6. The number of methoxy groups -OCH3 is 1. The van der Waals surface area contributed by atoms with E-state index >= 15 is 0 Å². The molecule has 0 saturated heterocycles. The zero-order chi connectivity index (χ0) is 23.2. The van der Waals surface area contributed by atoms with Crippen LogP contribution in [0.15, 0.2) is 71.8 Å². The minimum atomic E-state index is 0.178. The molecular formula is C24H18ClN5O2S. The lowest BCUT2D eigenvalue weighted by molar-refractivity contribution is 0.284. The molecular weight excluding hydrogens is 458 g/mol. The fourth-order valence-electron chi connectivity index (χ4n) is 3.16. The van der Waals surface area contributed by atoms with Crippen LogP contribution >= 0.6 is 23.8 Å². The molecule has 164 valence electrons. The summed E-state index contributed by atoms with van der Waals surface area (Å²) < 4.78 is 13.3. The van der Waals surface area contributed by atoms with Crippen LogP contribution in [0.25, 0.3) is 11.4 Å². The lowest BCUT2D eigenvalue weighted by Gasteiger charge is -2.14. The minimum Gasteiger partial charge on any atom is -0.493 e. The molecule has 9 heteroatoms. The van der Waals surface area contributed by atoms with Crippen LogP contribution in [-0.2, 0) is 6.61 Å². The van der Waals surface area contributed by atoms with Crippen LogP contribution in [0.5, 0.6) is 11.5 Å². The fraction of sp³-hybridized carbons (Fsp3) is 0.0833. The smallest absolute Gasteiger partial charge is 0.216 e. The van der Waals surface area contributed by atoms with Gasteiger partial charge in [-0.1, -0.05) is 60.1 Å². The van der Waals surface area contributed by atoms with E-state index < -0.39 is 0 Å². The highest BCUT2D eigenvalue weighted by molar-refractivity contribution is 7.71. The van der Waals surface area contributed by atoms with Gasteiger partial charge in [-0.3, -0.25) is 0 Å². The molecule has 0 unspecified atom stereocenters. The lowest BCUT2D eigenvalue weighted by atomic mass is 10.1. The number of hydrogen-bond donors (Lipinski definition) is 1. The predicted octanol–water partition coefficient (Wildman–Crippen LogP) is 5.60. The molecule has 0 aliphatic heterocycles. The Bertz CT molecular complexity index is 1410. The number of halogens is 1. The van der Waals surface area contributed by atoms with Crippen LogP contribution in [-0.4, -0.2) is 28.2 Å². The molecule has 1 N–H and O–H groups in total. The normalized spacial score (nSPS) is 10.8. The van der Waals surface area contributed by atoms with Crippen LogP contribution in [0.3, 0.4) is 0 Å². The highest BCUT2D eigenvalue weighted by Crippen LogP contribution is 2.36. The Balaban J connectivity index is 1.61. The molecule has 0 aliphatic rings. The van der Waals surface area contributed by atoms with Crippen molar-refractivity contribution in [2.24, 2.45) is 5.10 Å². The summed E-state index contributed by atoms with van der Waals surface area (Å²) in [5, 5.41) is 21.1. The Morgan fingerprint density at radius 3 is 2.70 bits per heavy atom. The van der Waals surface area contributed by atoms with Crippen molar-refractivity contribution in [2.75, 3.05) is 7.11 Å². The first kappa shape index (κ1) is 22.3. The van der Waals surface area contributed by atoms with Crippen molar-refractivity contribution in [3.05, 3.63) is 93.2 Å². The number of H-pyrrole nitrogens is 1. The average molecular weight is 476 g/mol. The second-order valence-electron chi connectivity index (χ2n) is 6.87. The maximum Gasteiger partial charge on any atom is 0.216 e. The zero-order valence-electron chi connectivity index (χ0n) is 17.5. The van der Waals surface area contributed by atoms with E-state index in [1.54, 1.807) is 30.5 Å². The van der Waals surface area contributed by atoms with E-state index in [9.17, 15) is 5.26 Å². The third kappa shape index (κ3) is 4.95. The van der Waals surface area contributed by atoms with Gasteiger partial charge in [-0.2, -0.15) is 20.1 Å². The van der Waals surface area contributed by atoms with Crippen LogP contribution in [0.2, 0.25) is 5.02 Å². The van der Waals surface area contributed by atoms with Gasteiger partial charge in [-0.05, 0) is 36.0 Å². The SMILES string of the molecule is COc1cc(C=Nn2c(-c3ccccc3)n[nH]c2=S)cc(Cl)c1OCc1ccccc1C#N. The van der Waals surface area contributed by atoms with E-state index in [-0.39, 0.29) is 6.61 Å². The third-order valence-electron chi connectivity index (χ3n) is 4.77. The maximum atomic E-state index is 9.27. The molecule has 0 radical (unpaired) electrons. The number of nitriles is 1. The summed E-state index contributed by atoms with van der Waals surface area (Å²) in [7, 11) is 1.53. The molecule has 4 aromatic rings. The Hall–Kier alpha value is -3.93. The Labute approximate surface area is 200 Å². The monoisotopic (exact) mass is 475 g/mol. The van der Waals surface area contributed by atoms with Crippen molar-refractivity contribution in [3.8, 4) is 29.0 Å². The molecule has 4 rings (SSSR count). The molecule has 1 aromatic heterocycles.